The van der Waals surface area contributed by atoms with Crippen LogP contribution < -0.4 is 10.6 Å². The Kier molecular flexibility index (Phi) is 5.88. The second kappa shape index (κ2) is 8.90. The Morgan fingerprint density at radius 2 is 1.73 bits per heavy atom. The molecule has 1 aliphatic heterocycles. The van der Waals surface area contributed by atoms with Gasteiger partial charge in [-0.2, -0.15) is 0 Å². The molecular weight excluding hydrogens is 378 g/mol. The number of rotatable bonds is 5. The summed E-state index contributed by atoms with van der Waals surface area (Å²) in [7, 11) is 0. The Morgan fingerprint density at radius 3 is 2.50 bits per heavy atom. The van der Waals surface area contributed by atoms with Gasteiger partial charge in [-0.3, -0.25) is 9.59 Å². The number of aryl methyl sites for hydroxylation is 2. The summed E-state index contributed by atoms with van der Waals surface area (Å²) < 4.78 is 2.20. The van der Waals surface area contributed by atoms with E-state index in [-0.39, 0.29) is 18.4 Å². The predicted octanol–water partition coefficient (Wildman–Crippen LogP) is 3.35. The summed E-state index contributed by atoms with van der Waals surface area (Å²) in [6.45, 7) is 2.81. The third kappa shape index (κ3) is 4.56. The molecule has 2 amide bonds. The summed E-state index contributed by atoms with van der Waals surface area (Å²) in [5.74, 6) is 1.37. The largest absolute Gasteiger partial charge is 0.343 e. The molecule has 3 aromatic rings. The van der Waals surface area contributed by atoms with Gasteiger partial charge in [-0.25, -0.2) is 0 Å². The van der Waals surface area contributed by atoms with E-state index in [1.807, 2.05) is 43.3 Å². The number of carbonyl (C=O) groups excluding carboxylic acids is 2. The van der Waals surface area contributed by atoms with Crippen molar-refractivity contribution in [3.05, 3.63) is 65.5 Å². The van der Waals surface area contributed by atoms with Gasteiger partial charge in [-0.15, -0.1) is 10.2 Å². The van der Waals surface area contributed by atoms with Gasteiger partial charge in [0.25, 0.3) is 5.91 Å². The third-order valence-electron chi connectivity index (χ3n) is 5.26. The molecule has 0 saturated heterocycles. The zero-order valence-electron chi connectivity index (χ0n) is 17.0. The quantitative estimate of drug-likeness (QED) is 0.684. The van der Waals surface area contributed by atoms with Crippen molar-refractivity contribution in [3.8, 4) is 11.4 Å². The Balaban J connectivity index is 1.34. The minimum Gasteiger partial charge on any atom is -0.343 e. The maximum Gasteiger partial charge on any atom is 0.251 e. The Bertz CT molecular complexity index is 1040. The number of fused-ring (bicyclic) bond motifs is 1. The molecule has 2 heterocycles. The number of anilines is 1. The van der Waals surface area contributed by atoms with E-state index >= 15 is 0 Å². The lowest BCUT2D eigenvalue weighted by Crippen LogP contribution is -2.32. The first-order chi connectivity index (χ1) is 14.6. The molecule has 1 aliphatic rings. The lowest BCUT2D eigenvalue weighted by Gasteiger charge is -2.09. The van der Waals surface area contributed by atoms with E-state index in [4.69, 9.17) is 0 Å². The molecule has 0 saturated carbocycles. The van der Waals surface area contributed by atoms with Gasteiger partial charge in [-0.05, 0) is 56.2 Å². The highest BCUT2D eigenvalue weighted by Crippen LogP contribution is 2.23. The van der Waals surface area contributed by atoms with Crippen molar-refractivity contribution < 1.29 is 9.59 Å². The lowest BCUT2D eigenvalue weighted by atomic mass is 10.1. The van der Waals surface area contributed by atoms with Crippen molar-refractivity contribution >= 4 is 17.5 Å². The van der Waals surface area contributed by atoms with Crippen molar-refractivity contribution in [3.63, 3.8) is 0 Å². The number of aromatic nitrogens is 3. The highest BCUT2D eigenvalue weighted by Gasteiger charge is 2.16. The maximum atomic E-state index is 12.2. The van der Waals surface area contributed by atoms with Gasteiger partial charge in [-0.1, -0.05) is 24.1 Å². The highest BCUT2D eigenvalue weighted by molar-refractivity contribution is 5.99. The summed E-state index contributed by atoms with van der Waals surface area (Å²) in [6, 6.07) is 14.8. The van der Waals surface area contributed by atoms with Crippen LogP contribution in [0.5, 0.6) is 0 Å². The van der Waals surface area contributed by atoms with E-state index < -0.39 is 0 Å². The molecule has 154 valence electrons. The van der Waals surface area contributed by atoms with Crippen molar-refractivity contribution in [2.45, 2.75) is 39.2 Å². The topological polar surface area (TPSA) is 88.9 Å². The van der Waals surface area contributed by atoms with E-state index in [0.717, 1.165) is 48.6 Å². The molecule has 4 rings (SSSR count). The van der Waals surface area contributed by atoms with E-state index in [1.54, 1.807) is 12.1 Å². The molecule has 0 unspecified atom stereocenters. The first kappa shape index (κ1) is 19.8. The molecule has 7 nitrogen and oxygen atoms in total. The van der Waals surface area contributed by atoms with Crippen LogP contribution in [0.25, 0.3) is 11.4 Å². The number of benzene rings is 2. The number of nitrogens with one attached hydrogen (secondary N) is 2. The summed E-state index contributed by atoms with van der Waals surface area (Å²) in [5.41, 5.74) is 3.25. The Morgan fingerprint density at radius 1 is 0.967 bits per heavy atom. The van der Waals surface area contributed by atoms with Gasteiger partial charge in [0, 0.05) is 29.8 Å². The summed E-state index contributed by atoms with van der Waals surface area (Å²) >= 11 is 0. The lowest BCUT2D eigenvalue weighted by molar-refractivity contribution is -0.115. The second-order valence-corrected chi connectivity index (χ2v) is 7.58. The van der Waals surface area contributed by atoms with E-state index in [2.05, 4.69) is 25.4 Å². The molecule has 30 heavy (non-hydrogen) atoms. The molecule has 2 N–H and O–H groups in total. The summed E-state index contributed by atoms with van der Waals surface area (Å²) in [6.07, 6.45) is 4.48. The van der Waals surface area contributed by atoms with Gasteiger partial charge in [0.2, 0.25) is 5.91 Å². The van der Waals surface area contributed by atoms with Crippen molar-refractivity contribution in [2.24, 2.45) is 0 Å². The average molecular weight is 403 g/mol. The standard InChI is InChI=1S/C23H25N5O2/c1-16-6-8-18(9-7-16)23(30)24-15-21(29)25-19-12-10-17(11-13-19)22-27-26-20-5-3-2-4-14-28(20)22/h6-13H,2-5,14-15H2,1H3,(H,24,30)(H,25,29). The Labute approximate surface area is 175 Å². The number of nitrogens with zero attached hydrogens (tertiary/aromatic N) is 3. The van der Waals surface area contributed by atoms with Crippen LogP contribution in [0, 0.1) is 6.92 Å². The van der Waals surface area contributed by atoms with Crippen LogP contribution in [-0.4, -0.2) is 33.1 Å². The van der Waals surface area contributed by atoms with Crippen molar-refractivity contribution in [1.82, 2.24) is 20.1 Å². The molecule has 0 aliphatic carbocycles. The molecule has 0 bridgehead atoms. The first-order valence-electron chi connectivity index (χ1n) is 10.3. The van der Waals surface area contributed by atoms with Crippen LogP contribution in [0.4, 0.5) is 5.69 Å². The molecule has 7 heteroatoms. The molecule has 0 radical (unpaired) electrons. The average Bonchev–Trinajstić information content (AvgIpc) is 3.01. The molecular formula is C23H25N5O2. The van der Waals surface area contributed by atoms with E-state index in [0.29, 0.717) is 11.3 Å². The van der Waals surface area contributed by atoms with Crippen molar-refractivity contribution in [1.29, 1.82) is 0 Å². The Hall–Kier alpha value is -3.48. The molecule has 0 atom stereocenters. The molecule has 2 aromatic carbocycles. The van der Waals surface area contributed by atoms with Crippen LogP contribution in [0.3, 0.4) is 0 Å². The van der Waals surface area contributed by atoms with Gasteiger partial charge >= 0.3 is 0 Å². The fourth-order valence-corrected chi connectivity index (χ4v) is 3.57. The minimum atomic E-state index is -0.278. The van der Waals surface area contributed by atoms with Crippen LogP contribution in [0.15, 0.2) is 48.5 Å². The zero-order chi connectivity index (χ0) is 20.9. The molecule has 0 fully saturated rings. The van der Waals surface area contributed by atoms with E-state index in [1.165, 1.54) is 6.42 Å². The zero-order valence-corrected chi connectivity index (χ0v) is 17.0. The monoisotopic (exact) mass is 403 g/mol. The summed E-state index contributed by atoms with van der Waals surface area (Å²) in [4.78, 5) is 24.3. The fourth-order valence-electron chi connectivity index (χ4n) is 3.57. The maximum absolute atomic E-state index is 12.2. The van der Waals surface area contributed by atoms with Crippen molar-refractivity contribution in [2.75, 3.05) is 11.9 Å². The number of hydrogen-bond acceptors (Lipinski definition) is 4. The smallest absolute Gasteiger partial charge is 0.251 e. The number of hydrogen-bond donors (Lipinski definition) is 2. The summed E-state index contributed by atoms with van der Waals surface area (Å²) in [5, 5.41) is 14.1. The predicted molar refractivity (Wildman–Crippen MR) is 115 cm³/mol. The normalized spacial score (nSPS) is 13.2. The fraction of sp³-hybridized carbons (Fsp3) is 0.304. The second-order valence-electron chi connectivity index (χ2n) is 7.58. The van der Waals surface area contributed by atoms with Gasteiger partial charge in [0.05, 0.1) is 6.54 Å². The number of carbonyl (C=O) groups is 2. The van der Waals surface area contributed by atoms with Gasteiger partial charge < -0.3 is 15.2 Å². The van der Waals surface area contributed by atoms with Crippen LogP contribution >= 0.6 is 0 Å². The SMILES string of the molecule is Cc1ccc(C(=O)NCC(=O)Nc2ccc(-c3nnc4n3CCCCC4)cc2)cc1. The van der Waals surface area contributed by atoms with Gasteiger partial charge in [0.1, 0.15) is 5.82 Å². The first-order valence-corrected chi connectivity index (χ1v) is 10.3. The highest BCUT2D eigenvalue weighted by atomic mass is 16.2. The van der Waals surface area contributed by atoms with Crippen LogP contribution in [0.1, 0.15) is 41.0 Å². The molecule has 0 spiro atoms. The van der Waals surface area contributed by atoms with E-state index in [9.17, 15) is 9.59 Å². The molecule has 1 aromatic heterocycles. The number of amides is 2. The van der Waals surface area contributed by atoms with Gasteiger partial charge in [0.15, 0.2) is 5.82 Å². The minimum absolute atomic E-state index is 0.0911. The third-order valence-corrected chi connectivity index (χ3v) is 5.26. The van der Waals surface area contributed by atoms with Crippen LogP contribution in [-0.2, 0) is 17.8 Å². The van der Waals surface area contributed by atoms with Crippen LogP contribution in [0.2, 0.25) is 0 Å².